The van der Waals surface area contributed by atoms with E-state index in [1.807, 2.05) is 0 Å². The third-order valence-corrected chi connectivity index (χ3v) is 4.76. The highest BCUT2D eigenvalue weighted by atomic mass is 15.2. The van der Waals surface area contributed by atoms with Gasteiger partial charge in [0.2, 0.25) is 0 Å². The summed E-state index contributed by atoms with van der Waals surface area (Å²) in [5.41, 5.74) is 9.20. The molecule has 3 unspecified atom stereocenters. The van der Waals surface area contributed by atoms with Crippen molar-refractivity contribution in [2.45, 2.75) is 71.0 Å². The summed E-state index contributed by atoms with van der Waals surface area (Å²) in [6.45, 7) is 7.91. The van der Waals surface area contributed by atoms with Gasteiger partial charge in [-0.15, -0.1) is 0 Å². The van der Waals surface area contributed by atoms with Crippen LogP contribution in [-0.4, -0.2) is 23.5 Å². The largest absolute Gasteiger partial charge is 0.326 e. The van der Waals surface area contributed by atoms with E-state index < -0.39 is 0 Å². The summed E-state index contributed by atoms with van der Waals surface area (Å²) < 4.78 is 0. The fourth-order valence-corrected chi connectivity index (χ4v) is 3.38. The molecule has 20 heavy (non-hydrogen) atoms. The van der Waals surface area contributed by atoms with Gasteiger partial charge in [0.1, 0.15) is 0 Å². The van der Waals surface area contributed by atoms with Crippen LogP contribution in [0, 0.1) is 6.92 Å². The summed E-state index contributed by atoms with van der Waals surface area (Å²) in [6.07, 6.45) is 6.37. The van der Waals surface area contributed by atoms with E-state index >= 15 is 0 Å². The summed E-state index contributed by atoms with van der Waals surface area (Å²) in [7, 11) is 0. The van der Waals surface area contributed by atoms with Crippen molar-refractivity contribution >= 4 is 0 Å². The van der Waals surface area contributed by atoms with Crippen molar-refractivity contribution in [3.05, 3.63) is 35.4 Å². The summed E-state index contributed by atoms with van der Waals surface area (Å²) in [5, 5.41) is 0. The van der Waals surface area contributed by atoms with Crippen LogP contribution in [0.2, 0.25) is 0 Å². The lowest BCUT2D eigenvalue weighted by atomic mass is 9.94. The number of aryl methyl sites for hydroxylation is 1. The number of hydrogen-bond acceptors (Lipinski definition) is 2. The Bertz CT molecular complexity index is 398. The zero-order chi connectivity index (χ0) is 14.5. The van der Waals surface area contributed by atoms with Gasteiger partial charge in [0.15, 0.2) is 0 Å². The zero-order valence-corrected chi connectivity index (χ0v) is 13.3. The van der Waals surface area contributed by atoms with Crippen molar-refractivity contribution in [3.8, 4) is 0 Å². The van der Waals surface area contributed by atoms with Crippen LogP contribution in [0.25, 0.3) is 0 Å². The number of nitrogens with two attached hydrogens (primary N) is 1. The standard InChI is InChI=1S/C18H30N2/c1-4-17(19)18(16-11-9-14(2)10-12-16)20-13-7-5-6-8-15(20)3/h9-12,15,17-18H,4-8,13,19H2,1-3H3. The molecular formula is C18H30N2. The molecule has 1 heterocycles. The Balaban J connectivity index is 2.28. The topological polar surface area (TPSA) is 29.3 Å². The van der Waals surface area contributed by atoms with Crippen molar-refractivity contribution in [3.63, 3.8) is 0 Å². The number of benzene rings is 1. The summed E-state index contributed by atoms with van der Waals surface area (Å²) in [4.78, 5) is 2.66. The third kappa shape index (κ3) is 3.62. The highest BCUT2D eigenvalue weighted by Gasteiger charge is 2.29. The van der Waals surface area contributed by atoms with Gasteiger partial charge in [-0.3, -0.25) is 4.90 Å². The monoisotopic (exact) mass is 274 g/mol. The molecule has 1 fully saturated rings. The first-order chi connectivity index (χ1) is 9.63. The van der Waals surface area contributed by atoms with E-state index in [0.717, 1.165) is 6.42 Å². The van der Waals surface area contributed by atoms with Crippen molar-refractivity contribution in [1.29, 1.82) is 0 Å². The van der Waals surface area contributed by atoms with Gasteiger partial charge in [0.25, 0.3) is 0 Å². The molecule has 3 atom stereocenters. The first-order valence-electron chi connectivity index (χ1n) is 8.21. The third-order valence-electron chi connectivity index (χ3n) is 4.76. The second kappa shape index (κ2) is 7.24. The Morgan fingerprint density at radius 3 is 2.55 bits per heavy atom. The fraction of sp³-hybridized carbons (Fsp3) is 0.667. The molecule has 0 radical (unpaired) electrons. The number of nitrogens with zero attached hydrogens (tertiary/aromatic N) is 1. The molecule has 0 aliphatic carbocycles. The van der Waals surface area contributed by atoms with Gasteiger partial charge in [0.05, 0.1) is 6.04 Å². The normalized spacial score (nSPS) is 24.1. The van der Waals surface area contributed by atoms with E-state index in [0.29, 0.717) is 12.1 Å². The predicted molar refractivity (Wildman–Crippen MR) is 86.8 cm³/mol. The molecule has 0 spiro atoms. The van der Waals surface area contributed by atoms with Gasteiger partial charge < -0.3 is 5.73 Å². The van der Waals surface area contributed by atoms with Gasteiger partial charge in [-0.1, -0.05) is 49.6 Å². The minimum atomic E-state index is 0.221. The molecule has 1 aromatic rings. The molecule has 1 saturated heterocycles. The molecule has 1 aliphatic heterocycles. The van der Waals surface area contributed by atoms with E-state index in [1.165, 1.54) is 43.4 Å². The van der Waals surface area contributed by atoms with Crippen LogP contribution in [0.15, 0.2) is 24.3 Å². The molecule has 0 aromatic heterocycles. The lowest BCUT2D eigenvalue weighted by Gasteiger charge is -2.39. The molecule has 2 heteroatoms. The average Bonchev–Trinajstić information content (AvgIpc) is 2.66. The predicted octanol–water partition coefficient (Wildman–Crippen LogP) is 4.04. The Morgan fingerprint density at radius 1 is 1.20 bits per heavy atom. The minimum Gasteiger partial charge on any atom is -0.326 e. The smallest absolute Gasteiger partial charge is 0.0501 e. The molecule has 2 rings (SSSR count). The zero-order valence-electron chi connectivity index (χ0n) is 13.3. The molecule has 2 N–H and O–H groups in total. The Morgan fingerprint density at radius 2 is 1.90 bits per heavy atom. The van der Waals surface area contributed by atoms with E-state index in [-0.39, 0.29) is 6.04 Å². The molecule has 0 saturated carbocycles. The summed E-state index contributed by atoms with van der Waals surface area (Å²) in [5.74, 6) is 0. The lowest BCUT2D eigenvalue weighted by molar-refractivity contribution is 0.124. The SMILES string of the molecule is CCC(N)C(c1ccc(C)cc1)N1CCCCCC1C. The van der Waals surface area contributed by atoms with Gasteiger partial charge in [-0.2, -0.15) is 0 Å². The minimum absolute atomic E-state index is 0.221. The first-order valence-corrected chi connectivity index (χ1v) is 8.21. The quantitative estimate of drug-likeness (QED) is 0.898. The van der Waals surface area contributed by atoms with Crippen LogP contribution in [0.3, 0.4) is 0 Å². The molecule has 0 amide bonds. The first kappa shape index (κ1) is 15.5. The highest BCUT2D eigenvalue weighted by molar-refractivity contribution is 5.25. The Labute approximate surface area is 124 Å². The highest BCUT2D eigenvalue weighted by Crippen LogP contribution is 2.31. The maximum Gasteiger partial charge on any atom is 0.0501 e. The van der Waals surface area contributed by atoms with Crippen LogP contribution in [0.5, 0.6) is 0 Å². The maximum absolute atomic E-state index is 6.49. The van der Waals surface area contributed by atoms with E-state index in [4.69, 9.17) is 5.73 Å². The van der Waals surface area contributed by atoms with Gasteiger partial charge >= 0.3 is 0 Å². The summed E-state index contributed by atoms with van der Waals surface area (Å²) >= 11 is 0. The number of hydrogen-bond donors (Lipinski definition) is 1. The second-order valence-corrected chi connectivity index (χ2v) is 6.36. The Hall–Kier alpha value is -0.860. The van der Waals surface area contributed by atoms with Crippen molar-refractivity contribution in [2.75, 3.05) is 6.54 Å². The molecule has 1 aromatic carbocycles. The van der Waals surface area contributed by atoms with Crippen molar-refractivity contribution in [1.82, 2.24) is 4.90 Å². The second-order valence-electron chi connectivity index (χ2n) is 6.36. The van der Waals surface area contributed by atoms with Gasteiger partial charge in [-0.25, -0.2) is 0 Å². The van der Waals surface area contributed by atoms with Crippen LogP contribution < -0.4 is 5.73 Å². The summed E-state index contributed by atoms with van der Waals surface area (Å²) in [6, 6.07) is 10.2. The molecular weight excluding hydrogens is 244 g/mol. The van der Waals surface area contributed by atoms with Gasteiger partial charge in [0, 0.05) is 12.1 Å². The van der Waals surface area contributed by atoms with Crippen LogP contribution >= 0.6 is 0 Å². The number of likely N-dealkylation sites (tertiary alicyclic amines) is 1. The molecule has 112 valence electrons. The van der Waals surface area contributed by atoms with Crippen LogP contribution in [-0.2, 0) is 0 Å². The van der Waals surface area contributed by atoms with Crippen molar-refractivity contribution < 1.29 is 0 Å². The lowest BCUT2D eigenvalue weighted by Crippen LogP contribution is -2.45. The van der Waals surface area contributed by atoms with E-state index in [9.17, 15) is 0 Å². The molecule has 2 nitrogen and oxygen atoms in total. The molecule has 0 bridgehead atoms. The Kier molecular flexibility index (Phi) is 5.62. The van der Waals surface area contributed by atoms with Crippen LogP contribution in [0.4, 0.5) is 0 Å². The van der Waals surface area contributed by atoms with Gasteiger partial charge in [-0.05, 0) is 45.2 Å². The fourth-order valence-electron chi connectivity index (χ4n) is 3.38. The van der Waals surface area contributed by atoms with E-state index in [1.54, 1.807) is 0 Å². The van der Waals surface area contributed by atoms with Crippen LogP contribution in [0.1, 0.15) is 63.1 Å². The van der Waals surface area contributed by atoms with Crippen molar-refractivity contribution in [2.24, 2.45) is 5.73 Å². The average molecular weight is 274 g/mol. The van der Waals surface area contributed by atoms with E-state index in [2.05, 4.69) is 49.9 Å². The maximum atomic E-state index is 6.49. The number of rotatable bonds is 4. The molecule has 1 aliphatic rings.